The first-order chi connectivity index (χ1) is 8.53. The van der Waals surface area contributed by atoms with Crippen LogP contribution in [0.25, 0.3) is 0 Å². The van der Waals surface area contributed by atoms with Gasteiger partial charge in [0.25, 0.3) is 10.0 Å². The second-order valence-electron chi connectivity index (χ2n) is 3.26. The Kier molecular flexibility index (Phi) is 3.30. The highest BCUT2D eigenvalue weighted by Gasteiger charge is 2.17. The first kappa shape index (κ1) is 12.5. The number of nitrogens with one attached hydrogen (secondary N) is 2. The summed E-state index contributed by atoms with van der Waals surface area (Å²) in [5, 5.41) is 19.3. The summed E-state index contributed by atoms with van der Waals surface area (Å²) in [5.74, 6) is 0. The first-order valence-corrected chi connectivity index (χ1v) is 7.05. The zero-order chi connectivity index (χ0) is 13.2. The number of thiazole rings is 1. The van der Waals surface area contributed by atoms with Crippen molar-refractivity contribution < 1.29 is 13.6 Å². The number of anilines is 1. The maximum Gasteiger partial charge on any atom is 0.266 e. The van der Waals surface area contributed by atoms with E-state index in [2.05, 4.69) is 25.1 Å². The molecule has 0 saturated carbocycles. The quantitative estimate of drug-likeness (QED) is 0.437. The summed E-state index contributed by atoms with van der Waals surface area (Å²) < 4.78 is 26.0. The van der Waals surface area contributed by atoms with E-state index in [-0.39, 0.29) is 10.0 Å². The van der Waals surface area contributed by atoms with Gasteiger partial charge in [-0.25, -0.2) is 13.4 Å². The minimum absolute atomic E-state index is 0.0202. The third-order valence-electron chi connectivity index (χ3n) is 2.03. The Labute approximate surface area is 106 Å². The predicted molar refractivity (Wildman–Crippen MR) is 65.5 cm³/mol. The normalized spacial score (nSPS) is 12.6. The van der Waals surface area contributed by atoms with Gasteiger partial charge in [-0.05, 0) is 6.92 Å². The molecule has 18 heavy (non-hydrogen) atoms. The van der Waals surface area contributed by atoms with E-state index in [1.54, 1.807) is 12.3 Å². The van der Waals surface area contributed by atoms with Crippen LogP contribution in [0.2, 0.25) is 0 Å². The fourth-order valence-electron chi connectivity index (χ4n) is 1.10. The Hall–Kier alpha value is -1.94. The molecule has 0 spiro atoms. The van der Waals surface area contributed by atoms with Crippen molar-refractivity contribution in [2.45, 2.75) is 11.8 Å². The van der Waals surface area contributed by atoms with Crippen LogP contribution < -0.4 is 4.72 Å². The summed E-state index contributed by atoms with van der Waals surface area (Å²) in [5.41, 5.74) is 0.715. The second kappa shape index (κ2) is 4.74. The Balaban J connectivity index is 2.23. The molecule has 0 amide bonds. The molecule has 3 N–H and O–H groups in total. The van der Waals surface area contributed by atoms with E-state index in [0.29, 0.717) is 11.4 Å². The fourth-order valence-corrected chi connectivity index (χ4v) is 3.01. The topological polar surface area (TPSA) is 120 Å². The van der Waals surface area contributed by atoms with E-state index < -0.39 is 10.0 Å². The van der Waals surface area contributed by atoms with E-state index in [1.165, 1.54) is 12.4 Å². The highest BCUT2D eigenvalue weighted by Crippen LogP contribution is 2.19. The molecule has 0 aromatic carbocycles. The molecule has 0 aliphatic heterocycles. The average molecular weight is 287 g/mol. The number of aromatic amines is 1. The highest BCUT2D eigenvalue weighted by molar-refractivity contribution is 7.93. The van der Waals surface area contributed by atoms with E-state index >= 15 is 0 Å². The Bertz CT molecular complexity index is 659. The summed E-state index contributed by atoms with van der Waals surface area (Å²) >= 11 is 1.09. The van der Waals surface area contributed by atoms with Crippen molar-refractivity contribution in [2.75, 3.05) is 4.72 Å². The van der Waals surface area contributed by atoms with Gasteiger partial charge in [-0.15, -0.1) is 11.3 Å². The molecule has 2 rings (SSSR count). The summed E-state index contributed by atoms with van der Waals surface area (Å²) in [4.78, 5) is 4.00. The summed E-state index contributed by atoms with van der Waals surface area (Å²) in [6.45, 7) is 1.56. The van der Waals surface area contributed by atoms with Crippen molar-refractivity contribution >= 4 is 32.2 Å². The van der Waals surface area contributed by atoms with Gasteiger partial charge in [0.05, 0.1) is 6.20 Å². The predicted octanol–water partition coefficient (Wildman–Crippen LogP) is 0.865. The maximum atomic E-state index is 11.8. The van der Waals surface area contributed by atoms with E-state index in [1.807, 2.05) is 0 Å². The zero-order valence-electron chi connectivity index (χ0n) is 9.15. The van der Waals surface area contributed by atoms with Crippen LogP contribution in [0.1, 0.15) is 12.6 Å². The smallest absolute Gasteiger partial charge is 0.266 e. The molecule has 0 atom stereocenters. The van der Waals surface area contributed by atoms with Crippen LogP contribution in [0, 0.1) is 0 Å². The monoisotopic (exact) mass is 287 g/mol. The molecular weight excluding hydrogens is 278 g/mol. The van der Waals surface area contributed by atoms with Crippen molar-refractivity contribution in [3.05, 3.63) is 23.5 Å². The van der Waals surface area contributed by atoms with Gasteiger partial charge in [-0.2, -0.15) is 5.10 Å². The van der Waals surface area contributed by atoms with Gasteiger partial charge in [-0.1, -0.05) is 5.16 Å². The van der Waals surface area contributed by atoms with Crippen molar-refractivity contribution in [2.24, 2.45) is 5.16 Å². The molecule has 96 valence electrons. The molecule has 0 radical (unpaired) electrons. The first-order valence-electron chi connectivity index (χ1n) is 4.69. The number of hydrogen-bond donors (Lipinski definition) is 3. The van der Waals surface area contributed by atoms with Crippen molar-refractivity contribution in [1.82, 2.24) is 15.2 Å². The molecule has 0 bridgehead atoms. The van der Waals surface area contributed by atoms with Gasteiger partial charge >= 0.3 is 0 Å². The maximum absolute atomic E-state index is 11.8. The van der Waals surface area contributed by atoms with Crippen molar-refractivity contribution in [3.63, 3.8) is 0 Å². The second-order valence-corrected chi connectivity index (χ2v) is 5.80. The van der Waals surface area contributed by atoms with E-state index in [4.69, 9.17) is 5.21 Å². The Morgan fingerprint density at radius 1 is 1.61 bits per heavy atom. The van der Waals surface area contributed by atoms with Crippen LogP contribution in [-0.2, 0) is 10.0 Å². The third-order valence-corrected chi connectivity index (χ3v) is 4.22. The molecule has 2 heterocycles. The molecule has 8 nitrogen and oxygen atoms in total. The molecule has 2 aromatic heterocycles. The lowest BCUT2D eigenvalue weighted by Crippen LogP contribution is -2.12. The van der Waals surface area contributed by atoms with Gasteiger partial charge < -0.3 is 5.21 Å². The van der Waals surface area contributed by atoms with Gasteiger partial charge in [0.1, 0.15) is 16.3 Å². The van der Waals surface area contributed by atoms with Crippen LogP contribution in [0.15, 0.2) is 27.8 Å². The lowest BCUT2D eigenvalue weighted by molar-refractivity contribution is 0.319. The van der Waals surface area contributed by atoms with Crippen LogP contribution in [0.4, 0.5) is 5.13 Å². The molecule has 0 aliphatic carbocycles. The van der Waals surface area contributed by atoms with Gasteiger partial charge in [0, 0.05) is 11.6 Å². The number of aromatic nitrogens is 3. The fraction of sp³-hybridized carbons (Fsp3) is 0.125. The van der Waals surface area contributed by atoms with Crippen LogP contribution >= 0.6 is 11.3 Å². The number of oxime groups is 1. The summed E-state index contributed by atoms with van der Waals surface area (Å²) in [6, 6.07) is 0. The number of sulfonamides is 1. The van der Waals surface area contributed by atoms with Crippen LogP contribution in [0.5, 0.6) is 0 Å². The summed E-state index contributed by atoms with van der Waals surface area (Å²) in [7, 11) is -3.69. The van der Waals surface area contributed by atoms with Crippen molar-refractivity contribution in [3.8, 4) is 0 Å². The Morgan fingerprint density at radius 3 is 3.00 bits per heavy atom. The van der Waals surface area contributed by atoms with Gasteiger partial charge in [0.2, 0.25) is 0 Å². The summed E-state index contributed by atoms with van der Waals surface area (Å²) in [6.07, 6.45) is 2.45. The largest absolute Gasteiger partial charge is 0.411 e. The zero-order valence-corrected chi connectivity index (χ0v) is 10.8. The standard InChI is InChI=1S/C8H9N5O3S2/c1-5(12-14)7-4-17-8(11-7)13-18(15,16)6-2-9-10-3-6/h2-4,14H,1H3,(H,9,10)(H,11,13). The molecule has 0 fully saturated rings. The van der Waals surface area contributed by atoms with Crippen LogP contribution in [-0.4, -0.2) is 34.5 Å². The molecule has 10 heteroatoms. The van der Waals surface area contributed by atoms with Crippen LogP contribution in [0.3, 0.4) is 0 Å². The van der Waals surface area contributed by atoms with E-state index in [0.717, 1.165) is 11.3 Å². The molecule has 0 saturated heterocycles. The Morgan fingerprint density at radius 2 is 2.39 bits per heavy atom. The third kappa shape index (κ3) is 2.49. The SMILES string of the molecule is CC(=NO)c1csc(NS(=O)(=O)c2cn[nH]c2)n1. The van der Waals surface area contributed by atoms with Crippen molar-refractivity contribution in [1.29, 1.82) is 0 Å². The minimum atomic E-state index is -3.69. The number of rotatable bonds is 4. The molecule has 0 aliphatic rings. The number of nitrogens with zero attached hydrogens (tertiary/aromatic N) is 3. The molecule has 2 aromatic rings. The van der Waals surface area contributed by atoms with Gasteiger partial charge in [0.15, 0.2) is 5.13 Å². The lowest BCUT2D eigenvalue weighted by Gasteiger charge is -2.01. The molecular formula is C8H9N5O3S2. The number of H-pyrrole nitrogens is 1. The minimum Gasteiger partial charge on any atom is -0.411 e. The lowest BCUT2D eigenvalue weighted by atomic mass is 10.3. The molecule has 0 unspecified atom stereocenters. The highest BCUT2D eigenvalue weighted by atomic mass is 32.2. The van der Waals surface area contributed by atoms with Gasteiger partial charge in [-0.3, -0.25) is 9.82 Å². The average Bonchev–Trinajstić information content (AvgIpc) is 2.97. The number of hydrogen-bond acceptors (Lipinski definition) is 7. The van der Waals surface area contributed by atoms with E-state index in [9.17, 15) is 8.42 Å².